The minimum atomic E-state index is -0.412. The highest BCUT2D eigenvalue weighted by Crippen LogP contribution is 2.15. The molecule has 0 radical (unpaired) electrons. The molecule has 1 aromatic rings. The predicted molar refractivity (Wildman–Crippen MR) is 63.0 cm³/mol. The van der Waals surface area contributed by atoms with Gasteiger partial charge in [-0.25, -0.2) is 0 Å². The molecule has 0 aromatic carbocycles. The van der Waals surface area contributed by atoms with Gasteiger partial charge in [-0.2, -0.15) is 0 Å². The van der Waals surface area contributed by atoms with Gasteiger partial charge in [-0.05, 0) is 13.8 Å². The van der Waals surface area contributed by atoms with Crippen LogP contribution in [0.4, 0.5) is 0 Å². The van der Waals surface area contributed by atoms with Crippen molar-refractivity contribution in [2.75, 3.05) is 20.8 Å². The Morgan fingerprint density at radius 2 is 2.25 bits per heavy atom. The Balaban J connectivity index is 2.86. The molecular weight excluding hydrogens is 228 g/mol. The Morgan fingerprint density at radius 1 is 1.62 bits per heavy atom. The van der Waals surface area contributed by atoms with Crippen LogP contribution in [0.5, 0.6) is 0 Å². The zero-order valence-corrected chi connectivity index (χ0v) is 10.7. The number of likely N-dealkylation sites (N-methyl/N-ethyl adjacent to an activating group) is 1. The van der Waals surface area contributed by atoms with Crippen LogP contribution in [0.1, 0.15) is 24.3 Å². The van der Waals surface area contributed by atoms with Gasteiger partial charge in [0.15, 0.2) is 0 Å². The number of thiazole rings is 1. The molecule has 16 heavy (non-hydrogen) atoms. The lowest BCUT2D eigenvalue weighted by atomic mass is 10.0. The molecule has 5 nitrogen and oxygen atoms in total. The van der Waals surface area contributed by atoms with Crippen LogP contribution >= 0.6 is 11.3 Å². The Morgan fingerprint density at radius 3 is 2.69 bits per heavy atom. The standard InChI is InChI=1S/C10H16N2O3S/c1-10(2,6-15-4)12(3)8(13)7-5-16-9(14)11-7/h5H,6H2,1-4H3,(H,11,14). The summed E-state index contributed by atoms with van der Waals surface area (Å²) in [7, 11) is 3.28. The molecule has 0 aliphatic heterocycles. The first-order chi connectivity index (χ1) is 7.38. The first-order valence-corrected chi connectivity index (χ1v) is 5.71. The summed E-state index contributed by atoms with van der Waals surface area (Å²) in [6.07, 6.45) is 0. The van der Waals surface area contributed by atoms with Crippen LogP contribution in [0.25, 0.3) is 0 Å². The van der Waals surface area contributed by atoms with Crippen LogP contribution < -0.4 is 4.87 Å². The van der Waals surface area contributed by atoms with Crippen LogP contribution in [0.2, 0.25) is 0 Å². The molecule has 0 saturated carbocycles. The van der Waals surface area contributed by atoms with E-state index >= 15 is 0 Å². The van der Waals surface area contributed by atoms with E-state index in [1.807, 2.05) is 13.8 Å². The van der Waals surface area contributed by atoms with Crippen molar-refractivity contribution in [3.8, 4) is 0 Å². The highest BCUT2D eigenvalue weighted by Gasteiger charge is 2.28. The highest BCUT2D eigenvalue weighted by molar-refractivity contribution is 7.07. The van der Waals surface area contributed by atoms with Gasteiger partial charge >= 0.3 is 4.87 Å². The van der Waals surface area contributed by atoms with Gasteiger partial charge in [-0.15, -0.1) is 0 Å². The van der Waals surface area contributed by atoms with Crippen LogP contribution in [0.15, 0.2) is 10.2 Å². The largest absolute Gasteiger partial charge is 0.382 e. The van der Waals surface area contributed by atoms with Gasteiger partial charge in [0.25, 0.3) is 5.91 Å². The average molecular weight is 244 g/mol. The number of nitrogens with one attached hydrogen (secondary N) is 1. The second kappa shape index (κ2) is 4.80. The number of hydrogen-bond acceptors (Lipinski definition) is 4. The van der Waals surface area contributed by atoms with Crippen molar-refractivity contribution in [1.29, 1.82) is 0 Å². The number of carbonyl (C=O) groups excluding carboxylic acids is 1. The molecule has 0 spiro atoms. The average Bonchev–Trinajstić information content (AvgIpc) is 2.62. The van der Waals surface area contributed by atoms with Crippen LogP contribution in [0, 0.1) is 0 Å². The third-order valence-corrected chi connectivity index (χ3v) is 3.13. The molecule has 0 bridgehead atoms. The lowest BCUT2D eigenvalue weighted by Gasteiger charge is -2.34. The smallest absolute Gasteiger partial charge is 0.305 e. The van der Waals surface area contributed by atoms with Crippen LogP contribution in [-0.2, 0) is 4.74 Å². The Bertz CT molecular complexity index is 422. The number of amides is 1. The van der Waals surface area contributed by atoms with Crippen molar-refractivity contribution in [2.24, 2.45) is 0 Å². The molecule has 1 heterocycles. The van der Waals surface area contributed by atoms with Gasteiger partial charge < -0.3 is 14.6 Å². The van der Waals surface area contributed by atoms with Crippen molar-refractivity contribution in [2.45, 2.75) is 19.4 Å². The van der Waals surface area contributed by atoms with Gasteiger partial charge in [0.1, 0.15) is 5.69 Å². The number of carbonyl (C=O) groups is 1. The summed E-state index contributed by atoms with van der Waals surface area (Å²) >= 11 is 0.984. The van der Waals surface area contributed by atoms with Crippen molar-refractivity contribution in [1.82, 2.24) is 9.88 Å². The van der Waals surface area contributed by atoms with Crippen molar-refractivity contribution < 1.29 is 9.53 Å². The maximum Gasteiger partial charge on any atom is 0.305 e. The third kappa shape index (κ3) is 2.70. The molecule has 1 rings (SSSR count). The molecule has 1 N–H and O–H groups in total. The summed E-state index contributed by atoms with van der Waals surface area (Å²) < 4.78 is 5.06. The zero-order valence-electron chi connectivity index (χ0n) is 9.86. The fourth-order valence-electron chi connectivity index (χ4n) is 1.29. The topological polar surface area (TPSA) is 62.4 Å². The molecular formula is C10H16N2O3S. The second-order valence-electron chi connectivity index (χ2n) is 4.17. The number of nitrogens with zero attached hydrogens (tertiary/aromatic N) is 1. The van der Waals surface area contributed by atoms with Gasteiger partial charge in [0.2, 0.25) is 0 Å². The summed E-state index contributed by atoms with van der Waals surface area (Å²) in [6.45, 7) is 4.24. The Hall–Kier alpha value is -1.14. The minimum absolute atomic E-state index is 0.208. The van der Waals surface area contributed by atoms with E-state index < -0.39 is 5.54 Å². The summed E-state index contributed by atoms with van der Waals surface area (Å²) in [5.41, 5.74) is -0.0910. The molecule has 0 atom stereocenters. The van der Waals surface area contributed by atoms with Crippen molar-refractivity contribution >= 4 is 17.2 Å². The second-order valence-corrected chi connectivity index (χ2v) is 5.01. The SMILES string of the molecule is COCC(C)(C)N(C)C(=O)c1csc(=O)[nH]1. The molecule has 0 fully saturated rings. The van der Waals surface area contributed by atoms with Gasteiger partial charge in [-0.3, -0.25) is 9.59 Å². The Kier molecular flexibility index (Phi) is 3.88. The quantitative estimate of drug-likeness (QED) is 0.857. The third-order valence-electron chi connectivity index (χ3n) is 2.46. The lowest BCUT2D eigenvalue weighted by Crippen LogP contribution is -2.48. The number of aromatic nitrogens is 1. The first-order valence-electron chi connectivity index (χ1n) is 4.83. The number of methoxy groups -OCH3 is 1. The van der Waals surface area contributed by atoms with Gasteiger partial charge in [0.05, 0.1) is 12.1 Å². The van der Waals surface area contributed by atoms with Crippen molar-refractivity contribution in [3.63, 3.8) is 0 Å². The molecule has 1 aromatic heterocycles. The predicted octanol–water partition coefficient (Wildman–Crippen LogP) is 0.933. The summed E-state index contributed by atoms with van der Waals surface area (Å²) in [4.78, 5) is 26.8. The van der Waals surface area contributed by atoms with E-state index in [2.05, 4.69) is 4.98 Å². The minimum Gasteiger partial charge on any atom is -0.382 e. The lowest BCUT2D eigenvalue weighted by molar-refractivity contribution is 0.0362. The molecule has 6 heteroatoms. The van der Waals surface area contributed by atoms with E-state index in [1.54, 1.807) is 19.1 Å². The van der Waals surface area contributed by atoms with Crippen LogP contribution in [0.3, 0.4) is 0 Å². The van der Waals surface area contributed by atoms with Crippen molar-refractivity contribution in [3.05, 3.63) is 20.7 Å². The molecule has 0 unspecified atom stereocenters. The molecule has 90 valence electrons. The fourth-order valence-corrected chi connectivity index (χ4v) is 1.84. The van der Waals surface area contributed by atoms with Crippen LogP contribution in [-0.4, -0.2) is 42.1 Å². The maximum absolute atomic E-state index is 12.0. The van der Waals surface area contributed by atoms with Gasteiger partial charge in [-0.1, -0.05) is 11.3 Å². The normalized spacial score (nSPS) is 11.5. The summed E-state index contributed by atoms with van der Waals surface area (Å²) in [5.74, 6) is -0.208. The Labute approximate surface area is 98.0 Å². The van der Waals surface area contributed by atoms with E-state index in [1.165, 1.54) is 5.38 Å². The molecule has 1 amide bonds. The number of H-pyrrole nitrogens is 1. The highest BCUT2D eigenvalue weighted by atomic mass is 32.1. The monoisotopic (exact) mass is 244 g/mol. The molecule has 0 aliphatic carbocycles. The van der Waals surface area contributed by atoms with E-state index in [9.17, 15) is 9.59 Å². The number of ether oxygens (including phenoxy) is 1. The number of hydrogen-bond donors (Lipinski definition) is 1. The van der Waals surface area contributed by atoms with Gasteiger partial charge in [0, 0.05) is 19.5 Å². The summed E-state index contributed by atoms with van der Waals surface area (Å²) in [5, 5.41) is 1.53. The summed E-state index contributed by atoms with van der Waals surface area (Å²) in [6, 6.07) is 0. The zero-order chi connectivity index (χ0) is 12.3. The first kappa shape index (κ1) is 12.9. The number of aromatic amines is 1. The maximum atomic E-state index is 12.0. The fraction of sp³-hybridized carbons (Fsp3) is 0.600. The van der Waals surface area contributed by atoms with E-state index in [0.717, 1.165) is 11.3 Å². The van der Waals surface area contributed by atoms with E-state index in [-0.39, 0.29) is 10.8 Å². The molecule has 0 saturated heterocycles. The molecule has 0 aliphatic rings. The van der Waals surface area contributed by atoms with E-state index in [4.69, 9.17) is 4.74 Å². The van der Waals surface area contributed by atoms with E-state index in [0.29, 0.717) is 12.3 Å². The number of rotatable bonds is 4.